The number of carbonyl (C=O) groups is 2. The lowest BCUT2D eigenvalue weighted by Crippen LogP contribution is -2.50. The van der Waals surface area contributed by atoms with Crippen LogP contribution in [0.25, 0.3) is 21.5 Å². The van der Waals surface area contributed by atoms with E-state index >= 15 is 0 Å². The maximum absolute atomic E-state index is 12.4. The zero-order valence-corrected chi connectivity index (χ0v) is 22.5. The van der Waals surface area contributed by atoms with Crippen molar-refractivity contribution in [2.45, 2.75) is 45.8 Å². The number of carbonyl (C=O) groups excluding carboxylic acids is 2. The van der Waals surface area contributed by atoms with Crippen molar-refractivity contribution in [3.63, 3.8) is 0 Å². The first-order valence-electron chi connectivity index (χ1n) is 12.7. The lowest BCUT2D eigenvalue weighted by atomic mass is 10.0. The predicted molar refractivity (Wildman–Crippen MR) is 144 cm³/mol. The van der Waals surface area contributed by atoms with Crippen molar-refractivity contribution in [3.05, 3.63) is 36.0 Å². The minimum Gasteiger partial charge on any atom is -0.489 e. The SMILES string of the molecule is C[C@@H](Oc1cc(-c2ccc(N3CCN(C(=O)OC(C)(C)C)CC3)cn2)cc2ncsc12)C1CNC(=O)C1. The topological polar surface area (TPSA) is 96.9 Å². The summed E-state index contributed by atoms with van der Waals surface area (Å²) in [5, 5.41) is 2.89. The molecule has 3 aromatic rings. The van der Waals surface area contributed by atoms with Gasteiger partial charge in [0, 0.05) is 50.6 Å². The molecule has 0 spiro atoms. The fraction of sp³-hybridized carbons (Fsp3) is 0.481. The predicted octanol–water partition coefficient (Wildman–Crippen LogP) is 4.32. The molecule has 9 nitrogen and oxygen atoms in total. The van der Waals surface area contributed by atoms with Gasteiger partial charge in [-0.15, -0.1) is 11.3 Å². The minimum absolute atomic E-state index is 0.0766. The fourth-order valence-electron chi connectivity index (χ4n) is 4.65. The second-order valence-corrected chi connectivity index (χ2v) is 11.5. The average Bonchev–Trinajstić information content (AvgIpc) is 3.52. The second-order valence-electron chi connectivity index (χ2n) is 10.6. The van der Waals surface area contributed by atoms with Crippen LogP contribution in [0.1, 0.15) is 34.1 Å². The smallest absolute Gasteiger partial charge is 0.410 e. The van der Waals surface area contributed by atoms with Crippen LogP contribution < -0.4 is 15.0 Å². The van der Waals surface area contributed by atoms with Crippen LogP contribution in [-0.4, -0.2) is 71.3 Å². The largest absolute Gasteiger partial charge is 0.489 e. The molecule has 10 heteroatoms. The molecule has 0 saturated carbocycles. The molecular weight excluding hydrogens is 490 g/mol. The van der Waals surface area contributed by atoms with Crippen molar-refractivity contribution in [1.82, 2.24) is 20.2 Å². The van der Waals surface area contributed by atoms with Crippen LogP contribution in [0.3, 0.4) is 0 Å². The van der Waals surface area contributed by atoms with Crippen molar-refractivity contribution >= 4 is 39.2 Å². The summed E-state index contributed by atoms with van der Waals surface area (Å²) in [5.74, 6) is 0.992. The monoisotopic (exact) mass is 523 g/mol. The first kappa shape index (κ1) is 25.3. The van der Waals surface area contributed by atoms with Crippen LogP contribution in [0.4, 0.5) is 10.5 Å². The molecule has 4 heterocycles. The quantitative estimate of drug-likeness (QED) is 0.532. The normalized spacial score (nSPS) is 19.1. The van der Waals surface area contributed by atoms with E-state index in [9.17, 15) is 9.59 Å². The van der Waals surface area contributed by atoms with Crippen molar-refractivity contribution in [1.29, 1.82) is 0 Å². The molecule has 2 amide bonds. The second kappa shape index (κ2) is 10.2. The molecule has 2 saturated heterocycles. The van der Waals surface area contributed by atoms with E-state index < -0.39 is 5.60 Å². The summed E-state index contributed by atoms with van der Waals surface area (Å²) < 4.78 is 12.8. The minimum atomic E-state index is -0.495. The molecule has 5 rings (SSSR count). The molecule has 0 aliphatic carbocycles. The number of piperazine rings is 1. The first-order chi connectivity index (χ1) is 17.7. The number of ether oxygens (including phenoxy) is 2. The Balaban J connectivity index is 1.28. The molecule has 2 aromatic heterocycles. The van der Waals surface area contributed by atoms with Gasteiger partial charge in [-0.3, -0.25) is 9.78 Å². The third-order valence-electron chi connectivity index (χ3n) is 6.72. The summed E-state index contributed by atoms with van der Waals surface area (Å²) >= 11 is 1.55. The molecular formula is C27H33N5O4S. The number of rotatable bonds is 5. The third-order valence-corrected chi connectivity index (χ3v) is 7.58. The van der Waals surface area contributed by atoms with Crippen molar-refractivity contribution < 1.29 is 19.1 Å². The van der Waals surface area contributed by atoms with Crippen LogP contribution >= 0.6 is 11.3 Å². The Hall–Kier alpha value is -3.40. The number of fused-ring (bicyclic) bond motifs is 1. The van der Waals surface area contributed by atoms with Gasteiger partial charge >= 0.3 is 6.09 Å². The molecule has 1 aromatic carbocycles. The molecule has 2 fully saturated rings. The van der Waals surface area contributed by atoms with E-state index in [0.717, 1.165) is 46.0 Å². The Bertz CT molecular complexity index is 1280. The van der Waals surface area contributed by atoms with Gasteiger partial charge in [0.05, 0.1) is 33.3 Å². The molecule has 2 aliphatic heterocycles. The summed E-state index contributed by atoms with van der Waals surface area (Å²) in [5.41, 5.74) is 4.98. The Morgan fingerprint density at radius 2 is 1.95 bits per heavy atom. The van der Waals surface area contributed by atoms with Gasteiger partial charge < -0.3 is 24.6 Å². The Morgan fingerprint density at radius 3 is 2.59 bits per heavy atom. The van der Waals surface area contributed by atoms with E-state index in [1.807, 2.05) is 57.6 Å². The highest BCUT2D eigenvalue weighted by Crippen LogP contribution is 2.36. The average molecular weight is 524 g/mol. The molecule has 2 atom stereocenters. The van der Waals surface area contributed by atoms with Crippen LogP contribution in [0.2, 0.25) is 0 Å². The summed E-state index contributed by atoms with van der Waals surface area (Å²) in [7, 11) is 0. The number of amides is 2. The van der Waals surface area contributed by atoms with E-state index in [-0.39, 0.29) is 24.0 Å². The highest BCUT2D eigenvalue weighted by molar-refractivity contribution is 7.17. The maximum Gasteiger partial charge on any atom is 0.410 e. The highest BCUT2D eigenvalue weighted by Gasteiger charge is 2.29. The maximum atomic E-state index is 12.4. The fourth-order valence-corrected chi connectivity index (χ4v) is 5.37. The number of aromatic nitrogens is 2. The van der Waals surface area contributed by atoms with Gasteiger partial charge in [0.25, 0.3) is 0 Å². The number of hydrogen-bond donors (Lipinski definition) is 1. The van der Waals surface area contributed by atoms with Crippen LogP contribution in [-0.2, 0) is 9.53 Å². The van der Waals surface area contributed by atoms with Crippen LogP contribution in [0, 0.1) is 5.92 Å². The summed E-state index contributed by atoms with van der Waals surface area (Å²) in [6.45, 7) is 11.0. The summed E-state index contributed by atoms with van der Waals surface area (Å²) in [6, 6.07) is 8.13. The van der Waals surface area contributed by atoms with E-state index in [4.69, 9.17) is 14.5 Å². The number of benzene rings is 1. The Morgan fingerprint density at radius 1 is 1.16 bits per heavy atom. The number of nitrogens with one attached hydrogen (secondary N) is 1. The summed E-state index contributed by atoms with van der Waals surface area (Å²) in [4.78, 5) is 37.2. The highest BCUT2D eigenvalue weighted by atomic mass is 32.1. The Kier molecular flexibility index (Phi) is 6.94. The summed E-state index contributed by atoms with van der Waals surface area (Å²) in [6.07, 6.45) is 2.00. The van der Waals surface area contributed by atoms with Crippen molar-refractivity contribution in [3.8, 4) is 17.0 Å². The van der Waals surface area contributed by atoms with E-state index in [1.54, 1.807) is 16.2 Å². The van der Waals surface area contributed by atoms with E-state index in [2.05, 4.69) is 21.3 Å². The van der Waals surface area contributed by atoms with Gasteiger partial charge in [-0.25, -0.2) is 9.78 Å². The number of hydrogen-bond acceptors (Lipinski definition) is 8. The number of thiazole rings is 1. The van der Waals surface area contributed by atoms with Gasteiger partial charge in [-0.05, 0) is 52.0 Å². The van der Waals surface area contributed by atoms with E-state index in [0.29, 0.717) is 26.1 Å². The van der Waals surface area contributed by atoms with Gasteiger partial charge in [-0.2, -0.15) is 0 Å². The lowest BCUT2D eigenvalue weighted by molar-refractivity contribution is -0.119. The Labute approximate surface area is 220 Å². The van der Waals surface area contributed by atoms with E-state index in [1.165, 1.54) is 0 Å². The number of pyridine rings is 1. The zero-order valence-electron chi connectivity index (χ0n) is 21.7. The molecule has 37 heavy (non-hydrogen) atoms. The zero-order chi connectivity index (χ0) is 26.2. The van der Waals surface area contributed by atoms with Gasteiger partial charge in [0.2, 0.25) is 5.91 Å². The number of anilines is 1. The van der Waals surface area contributed by atoms with Crippen LogP contribution in [0.5, 0.6) is 5.75 Å². The third kappa shape index (κ3) is 5.79. The molecule has 0 bridgehead atoms. The molecule has 2 aliphatic rings. The van der Waals surface area contributed by atoms with Crippen LogP contribution in [0.15, 0.2) is 36.0 Å². The van der Waals surface area contributed by atoms with Crippen molar-refractivity contribution in [2.75, 3.05) is 37.6 Å². The molecule has 0 radical (unpaired) electrons. The molecule has 1 unspecified atom stereocenters. The molecule has 196 valence electrons. The van der Waals surface area contributed by atoms with Gasteiger partial charge in [0.15, 0.2) is 0 Å². The standard InChI is InChI=1S/C27H33N5O4S/c1-17(19-13-24(33)29-14-19)35-23-12-18(11-22-25(23)37-16-30-22)21-6-5-20(15-28-21)31-7-9-32(10-8-31)26(34)36-27(2,3)4/h5-6,11-12,15-17,19H,7-10,13-14H2,1-4H3,(H,29,33)/t17-,19?/m1/s1. The van der Waals surface area contributed by atoms with Crippen molar-refractivity contribution in [2.24, 2.45) is 5.92 Å². The number of nitrogens with zero attached hydrogens (tertiary/aromatic N) is 4. The molecule has 1 N–H and O–H groups in total. The van der Waals surface area contributed by atoms with Gasteiger partial charge in [-0.1, -0.05) is 0 Å². The first-order valence-corrected chi connectivity index (χ1v) is 13.5. The van der Waals surface area contributed by atoms with Gasteiger partial charge in [0.1, 0.15) is 17.5 Å². The lowest BCUT2D eigenvalue weighted by Gasteiger charge is -2.36.